The monoisotopic (exact) mass is 439 g/mol. The number of nitrogens with zero attached hydrogens (tertiary/aromatic N) is 2. The van der Waals surface area contributed by atoms with E-state index in [1.54, 1.807) is 11.0 Å². The number of anilines is 2. The van der Waals surface area contributed by atoms with E-state index in [1.165, 1.54) is 11.8 Å². The lowest BCUT2D eigenvalue weighted by Crippen LogP contribution is -2.40. The molecule has 8 heteroatoms. The fraction of sp³-hybridized carbons (Fsp3) is 0.227. The summed E-state index contributed by atoms with van der Waals surface area (Å²) in [5.41, 5.74) is 3.83. The number of thioether (sulfide) groups is 1. The van der Waals surface area contributed by atoms with Gasteiger partial charge in [0.15, 0.2) is 6.61 Å². The molecule has 2 aromatic rings. The summed E-state index contributed by atoms with van der Waals surface area (Å²) >= 11 is 6.27. The number of amides is 2. The number of rotatable bonds is 5. The maximum Gasteiger partial charge on any atom is 0.265 e. The van der Waals surface area contributed by atoms with Gasteiger partial charge in [0.1, 0.15) is 10.1 Å². The van der Waals surface area contributed by atoms with Crippen molar-refractivity contribution in [3.8, 4) is 5.75 Å². The van der Waals surface area contributed by atoms with Gasteiger partial charge in [-0.1, -0.05) is 42.2 Å². The molecule has 0 unspecified atom stereocenters. The molecule has 4 rings (SSSR count). The van der Waals surface area contributed by atoms with Crippen molar-refractivity contribution in [1.29, 1.82) is 0 Å². The first kappa shape index (κ1) is 20.4. The second-order valence-electron chi connectivity index (χ2n) is 7.22. The van der Waals surface area contributed by atoms with E-state index in [2.05, 4.69) is 34.5 Å². The SMILES string of the molecule is CN(C)c1ccc(CCN2C(=O)COc3ccc(C=C4SC(=S)NC4=O)cc32)cc1. The van der Waals surface area contributed by atoms with Crippen LogP contribution in [0.4, 0.5) is 11.4 Å². The van der Waals surface area contributed by atoms with Crippen LogP contribution in [0.2, 0.25) is 0 Å². The van der Waals surface area contributed by atoms with Crippen LogP contribution in [-0.2, 0) is 16.0 Å². The average molecular weight is 440 g/mol. The van der Waals surface area contributed by atoms with E-state index >= 15 is 0 Å². The zero-order valence-electron chi connectivity index (χ0n) is 16.7. The van der Waals surface area contributed by atoms with E-state index in [0.717, 1.165) is 28.9 Å². The van der Waals surface area contributed by atoms with Crippen LogP contribution < -0.4 is 19.9 Å². The first-order valence-corrected chi connectivity index (χ1v) is 10.7. The Hall–Kier alpha value is -2.84. The third-order valence-corrected chi connectivity index (χ3v) is 6.11. The topological polar surface area (TPSA) is 61.9 Å². The molecule has 2 heterocycles. The smallest absolute Gasteiger partial charge is 0.265 e. The second kappa shape index (κ2) is 8.49. The maximum absolute atomic E-state index is 12.6. The summed E-state index contributed by atoms with van der Waals surface area (Å²) in [5, 5.41) is 2.61. The molecule has 1 N–H and O–H groups in total. The van der Waals surface area contributed by atoms with Crippen LogP contribution in [0.3, 0.4) is 0 Å². The molecule has 154 valence electrons. The summed E-state index contributed by atoms with van der Waals surface area (Å²) in [6.45, 7) is 0.579. The first-order chi connectivity index (χ1) is 14.4. The molecule has 0 atom stereocenters. The minimum absolute atomic E-state index is 0.0273. The van der Waals surface area contributed by atoms with Gasteiger partial charge in [-0.25, -0.2) is 0 Å². The molecule has 1 saturated heterocycles. The summed E-state index contributed by atoms with van der Waals surface area (Å²) in [6, 6.07) is 13.9. The lowest BCUT2D eigenvalue weighted by molar-refractivity contribution is -0.121. The Labute approximate surface area is 184 Å². The molecule has 30 heavy (non-hydrogen) atoms. The van der Waals surface area contributed by atoms with Crippen LogP contribution in [0.1, 0.15) is 11.1 Å². The van der Waals surface area contributed by atoms with Crippen LogP contribution in [0.25, 0.3) is 6.08 Å². The number of ether oxygens (including phenoxy) is 1. The van der Waals surface area contributed by atoms with Crippen LogP contribution in [0.5, 0.6) is 5.75 Å². The summed E-state index contributed by atoms with van der Waals surface area (Å²) in [5.74, 6) is 0.387. The zero-order valence-corrected chi connectivity index (χ0v) is 18.3. The van der Waals surface area contributed by atoms with Crippen molar-refractivity contribution in [2.45, 2.75) is 6.42 Å². The highest BCUT2D eigenvalue weighted by molar-refractivity contribution is 8.26. The van der Waals surface area contributed by atoms with E-state index in [-0.39, 0.29) is 18.4 Å². The van der Waals surface area contributed by atoms with Gasteiger partial charge in [0, 0.05) is 26.3 Å². The van der Waals surface area contributed by atoms with Crippen molar-refractivity contribution in [3.05, 3.63) is 58.5 Å². The molecule has 2 aromatic carbocycles. The van der Waals surface area contributed by atoms with Gasteiger partial charge >= 0.3 is 0 Å². The van der Waals surface area contributed by atoms with Gasteiger partial charge in [0.05, 0.1) is 10.6 Å². The molecule has 6 nitrogen and oxygen atoms in total. The van der Waals surface area contributed by atoms with Crippen molar-refractivity contribution >= 4 is 57.6 Å². The molecule has 0 aliphatic carbocycles. The number of thiocarbonyl (C=S) groups is 1. The maximum atomic E-state index is 12.6. The second-order valence-corrected chi connectivity index (χ2v) is 8.94. The zero-order chi connectivity index (χ0) is 21.3. The number of hydrogen-bond acceptors (Lipinski definition) is 6. The highest BCUT2D eigenvalue weighted by atomic mass is 32.2. The minimum atomic E-state index is -0.201. The number of benzene rings is 2. The standard InChI is InChI=1S/C22H21N3O3S2/c1-24(2)16-6-3-14(4-7-16)9-10-25-17-11-15(5-8-18(17)28-13-20(25)26)12-19-21(27)23-22(29)30-19/h3-8,11-12H,9-10,13H2,1-2H3,(H,23,27,29). The fourth-order valence-corrected chi connectivity index (χ4v) is 4.37. The number of hydrogen-bond donors (Lipinski definition) is 1. The Morgan fingerprint density at radius 1 is 1.20 bits per heavy atom. The quantitative estimate of drug-likeness (QED) is 0.570. The number of nitrogens with one attached hydrogen (secondary N) is 1. The molecule has 0 radical (unpaired) electrons. The molecular weight excluding hydrogens is 418 g/mol. The summed E-state index contributed by atoms with van der Waals surface area (Å²) in [7, 11) is 4.01. The number of carbonyl (C=O) groups excluding carboxylic acids is 2. The van der Waals surface area contributed by atoms with Crippen molar-refractivity contribution in [3.63, 3.8) is 0 Å². The Bertz CT molecular complexity index is 1050. The normalized spacial score (nSPS) is 17.1. The molecule has 0 spiro atoms. The third kappa shape index (κ3) is 4.34. The predicted octanol–water partition coefficient (Wildman–Crippen LogP) is 3.21. The molecule has 2 amide bonds. The van der Waals surface area contributed by atoms with Gasteiger partial charge < -0.3 is 19.9 Å². The predicted molar refractivity (Wildman–Crippen MR) is 125 cm³/mol. The van der Waals surface area contributed by atoms with Crippen LogP contribution in [0.15, 0.2) is 47.4 Å². The Balaban J connectivity index is 1.55. The lowest BCUT2D eigenvalue weighted by atomic mass is 10.1. The number of fused-ring (bicyclic) bond motifs is 1. The van der Waals surface area contributed by atoms with Crippen LogP contribution in [-0.4, -0.2) is 43.4 Å². The fourth-order valence-electron chi connectivity index (χ4n) is 3.33. The largest absolute Gasteiger partial charge is 0.482 e. The molecule has 0 saturated carbocycles. The number of carbonyl (C=O) groups is 2. The Morgan fingerprint density at radius 2 is 1.97 bits per heavy atom. The van der Waals surface area contributed by atoms with Gasteiger partial charge in [-0.05, 0) is 47.9 Å². The summed E-state index contributed by atoms with van der Waals surface area (Å²) in [4.78, 5) is 28.9. The van der Waals surface area contributed by atoms with E-state index in [1.807, 2.05) is 32.3 Å². The average Bonchev–Trinajstić information content (AvgIpc) is 3.04. The van der Waals surface area contributed by atoms with Crippen molar-refractivity contribution < 1.29 is 14.3 Å². The van der Waals surface area contributed by atoms with Gasteiger partial charge in [0.2, 0.25) is 0 Å². The van der Waals surface area contributed by atoms with Crippen molar-refractivity contribution in [2.24, 2.45) is 0 Å². The van der Waals surface area contributed by atoms with Gasteiger partial charge in [-0.15, -0.1) is 0 Å². The molecule has 0 bridgehead atoms. The summed E-state index contributed by atoms with van der Waals surface area (Å²) < 4.78 is 6.05. The molecule has 0 aromatic heterocycles. The van der Waals surface area contributed by atoms with Gasteiger partial charge in [-0.2, -0.15) is 0 Å². The molecule has 2 aliphatic heterocycles. The van der Waals surface area contributed by atoms with Gasteiger partial charge in [0.25, 0.3) is 11.8 Å². The van der Waals surface area contributed by atoms with Crippen LogP contribution >= 0.6 is 24.0 Å². The minimum Gasteiger partial charge on any atom is -0.482 e. The van der Waals surface area contributed by atoms with Crippen LogP contribution in [0, 0.1) is 0 Å². The van der Waals surface area contributed by atoms with E-state index in [0.29, 0.717) is 21.5 Å². The molecular formula is C22H21N3O3S2. The highest BCUT2D eigenvalue weighted by Crippen LogP contribution is 2.35. The van der Waals surface area contributed by atoms with E-state index in [9.17, 15) is 9.59 Å². The molecule has 2 aliphatic rings. The highest BCUT2D eigenvalue weighted by Gasteiger charge is 2.26. The van der Waals surface area contributed by atoms with Crippen molar-refractivity contribution in [1.82, 2.24) is 5.32 Å². The van der Waals surface area contributed by atoms with E-state index in [4.69, 9.17) is 17.0 Å². The van der Waals surface area contributed by atoms with Crippen molar-refractivity contribution in [2.75, 3.05) is 37.0 Å². The van der Waals surface area contributed by atoms with Gasteiger partial charge in [-0.3, -0.25) is 9.59 Å². The molecule has 1 fully saturated rings. The van der Waals surface area contributed by atoms with E-state index < -0.39 is 0 Å². The Morgan fingerprint density at radius 3 is 2.63 bits per heavy atom. The lowest BCUT2D eigenvalue weighted by Gasteiger charge is -2.29. The Kier molecular flexibility index (Phi) is 5.78. The third-order valence-electron chi connectivity index (χ3n) is 4.94. The summed E-state index contributed by atoms with van der Waals surface area (Å²) in [6.07, 6.45) is 2.51. The first-order valence-electron chi connectivity index (χ1n) is 9.49.